The van der Waals surface area contributed by atoms with Gasteiger partial charge in [-0.1, -0.05) is 97.9 Å². The molecule has 1 amide bonds. The molecule has 0 aliphatic heterocycles. The number of hydrogen-bond donors (Lipinski definition) is 2. The van der Waals surface area contributed by atoms with E-state index in [4.69, 9.17) is 0 Å². The van der Waals surface area contributed by atoms with Crippen molar-refractivity contribution in [1.82, 2.24) is 5.32 Å². The fourth-order valence-electron chi connectivity index (χ4n) is 3.37. The van der Waals surface area contributed by atoms with Crippen molar-refractivity contribution in [3.63, 3.8) is 0 Å². The van der Waals surface area contributed by atoms with Crippen LogP contribution in [0.4, 0.5) is 0 Å². The van der Waals surface area contributed by atoms with Gasteiger partial charge in [-0.25, -0.2) is 0 Å². The molecule has 0 spiro atoms. The van der Waals surface area contributed by atoms with Crippen LogP contribution in [0, 0.1) is 0 Å². The van der Waals surface area contributed by atoms with Gasteiger partial charge in [0, 0.05) is 6.42 Å². The molecule has 3 aromatic carbocycles. The lowest BCUT2D eigenvalue weighted by Gasteiger charge is -2.26. The second kappa shape index (κ2) is 10.2. The first-order valence-corrected chi connectivity index (χ1v) is 10.9. The van der Waals surface area contributed by atoms with Gasteiger partial charge in [-0.15, -0.1) is 0 Å². The third kappa shape index (κ3) is 5.28. The number of benzene rings is 3. The summed E-state index contributed by atoms with van der Waals surface area (Å²) in [6.45, 7) is 2.03. The minimum absolute atomic E-state index is 0.0326. The molecule has 3 aromatic rings. The predicted octanol–water partition coefficient (Wildman–Crippen LogP) is 3.75. The van der Waals surface area contributed by atoms with Gasteiger partial charge in [0.05, 0.1) is 12.6 Å². The Morgan fingerprint density at radius 2 is 1.32 bits per heavy atom. The fourth-order valence-corrected chi connectivity index (χ4v) is 6.02. The highest BCUT2D eigenvalue weighted by atomic mass is 31.1. The Balaban J connectivity index is 1.74. The first-order chi connectivity index (χ1) is 13.7. The van der Waals surface area contributed by atoms with Crippen LogP contribution in [0.2, 0.25) is 0 Å². The minimum Gasteiger partial charge on any atom is -0.394 e. The number of carbonyl (C=O) groups excluding carboxylic acids is 1. The molecule has 2 atom stereocenters. The van der Waals surface area contributed by atoms with Gasteiger partial charge in [0.2, 0.25) is 5.91 Å². The Morgan fingerprint density at radius 3 is 1.79 bits per heavy atom. The zero-order valence-electron chi connectivity index (χ0n) is 16.0. The average molecular weight is 391 g/mol. The SMILES string of the molecule is C[C@@H](CC(=O)N[C@@H](CO)c1ccccc1)P(c1ccccc1)c1ccccc1. The molecule has 0 radical (unpaired) electrons. The first kappa shape index (κ1) is 20.3. The number of aliphatic hydroxyl groups excluding tert-OH is 1. The number of amides is 1. The Bertz CT molecular complexity index is 816. The van der Waals surface area contributed by atoms with Gasteiger partial charge >= 0.3 is 0 Å². The van der Waals surface area contributed by atoms with Crippen molar-refractivity contribution in [1.29, 1.82) is 0 Å². The molecule has 0 heterocycles. The zero-order chi connectivity index (χ0) is 19.8. The summed E-state index contributed by atoms with van der Waals surface area (Å²) in [5.41, 5.74) is 1.09. The Kier molecular flexibility index (Phi) is 7.36. The summed E-state index contributed by atoms with van der Waals surface area (Å²) >= 11 is 0. The van der Waals surface area contributed by atoms with Gasteiger partial charge in [-0.05, 0) is 29.8 Å². The summed E-state index contributed by atoms with van der Waals surface area (Å²) in [5, 5.41) is 15.2. The van der Waals surface area contributed by atoms with E-state index in [2.05, 4.69) is 60.8 Å². The molecule has 0 saturated carbocycles. The predicted molar refractivity (Wildman–Crippen MR) is 118 cm³/mol. The lowest BCUT2D eigenvalue weighted by molar-refractivity contribution is -0.122. The molecule has 3 nitrogen and oxygen atoms in total. The number of nitrogens with one attached hydrogen (secondary N) is 1. The first-order valence-electron chi connectivity index (χ1n) is 9.53. The molecule has 0 aliphatic rings. The van der Waals surface area contributed by atoms with Crippen LogP contribution in [0.3, 0.4) is 0 Å². The third-order valence-corrected chi connectivity index (χ3v) is 7.48. The second-order valence-electron chi connectivity index (χ2n) is 6.81. The van der Waals surface area contributed by atoms with E-state index in [1.54, 1.807) is 0 Å². The van der Waals surface area contributed by atoms with Crippen LogP contribution in [-0.2, 0) is 4.79 Å². The number of carbonyl (C=O) groups is 1. The molecule has 0 bridgehead atoms. The maximum Gasteiger partial charge on any atom is 0.221 e. The molecule has 0 aromatic heterocycles. The van der Waals surface area contributed by atoms with E-state index in [0.717, 1.165) is 5.56 Å². The number of rotatable bonds is 8. The Hall–Kier alpha value is -2.48. The summed E-state index contributed by atoms with van der Waals surface area (Å²) in [4.78, 5) is 12.8. The summed E-state index contributed by atoms with van der Waals surface area (Å²) in [6.07, 6.45) is 0.416. The van der Waals surface area contributed by atoms with Crippen molar-refractivity contribution in [2.75, 3.05) is 6.61 Å². The van der Waals surface area contributed by atoms with E-state index in [9.17, 15) is 9.90 Å². The third-order valence-electron chi connectivity index (χ3n) is 4.71. The molecule has 0 unspecified atom stereocenters. The Labute approximate surface area is 168 Å². The maximum absolute atomic E-state index is 12.8. The van der Waals surface area contributed by atoms with Crippen LogP contribution in [-0.4, -0.2) is 23.3 Å². The highest BCUT2D eigenvalue weighted by Gasteiger charge is 2.24. The number of aliphatic hydroxyl groups is 1. The topological polar surface area (TPSA) is 49.3 Å². The second-order valence-corrected chi connectivity index (χ2v) is 9.46. The molecule has 4 heteroatoms. The van der Waals surface area contributed by atoms with Crippen LogP contribution in [0.25, 0.3) is 0 Å². The van der Waals surface area contributed by atoms with Crippen molar-refractivity contribution in [2.45, 2.75) is 25.0 Å². The summed E-state index contributed by atoms with van der Waals surface area (Å²) < 4.78 is 0. The van der Waals surface area contributed by atoms with E-state index in [1.165, 1.54) is 10.6 Å². The quantitative estimate of drug-likeness (QED) is 0.575. The van der Waals surface area contributed by atoms with E-state index < -0.39 is 7.92 Å². The van der Waals surface area contributed by atoms with Crippen molar-refractivity contribution in [3.05, 3.63) is 96.6 Å². The van der Waals surface area contributed by atoms with Crippen molar-refractivity contribution in [3.8, 4) is 0 Å². The van der Waals surface area contributed by atoms with Crippen LogP contribution in [0.5, 0.6) is 0 Å². The van der Waals surface area contributed by atoms with E-state index in [1.807, 2.05) is 42.5 Å². The maximum atomic E-state index is 12.8. The smallest absolute Gasteiger partial charge is 0.221 e. The van der Waals surface area contributed by atoms with E-state index in [0.29, 0.717) is 6.42 Å². The molecule has 0 saturated heterocycles. The van der Waals surface area contributed by atoms with Crippen molar-refractivity contribution >= 4 is 24.4 Å². The highest BCUT2D eigenvalue weighted by molar-refractivity contribution is 7.73. The van der Waals surface area contributed by atoms with Crippen LogP contribution < -0.4 is 15.9 Å². The van der Waals surface area contributed by atoms with Gasteiger partial charge in [0.1, 0.15) is 0 Å². The monoisotopic (exact) mass is 391 g/mol. The zero-order valence-corrected chi connectivity index (χ0v) is 16.9. The minimum atomic E-state index is -0.651. The molecular formula is C24H26NO2P. The molecule has 0 fully saturated rings. The summed E-state index contributed by atoms with van der Waals surface area (Å²) in [5.74, 6) is -0.0326. The van der Waals surface area contributed by atoms with Gasteiger partial charge in [-0.3, -0.25) is 4.79 Å². The molecule has 0 aliphatic carbocycles. The molecule has 2 N–H and O–H groups in total. The summed E-state index contributed by atoms with van der Waals surface area (Å²) in [6, 6.07) is 30.1. The van der Waals surface area contributed by atoms with Crippen LogP contribution in [0.15, 0.2) is 91.0 Å². The highest BCUT2D eigenvalue weighted by Crippen LogP contribution is 2.40. The van der Waals surface area contributed by atoms with Gasteiger partial charge < -0.3 is 10.4 Å². The van der Waals surface area contributed by atoms with Gasteiger partial charge in [0.25, 0.3) is 0 Å². The largest absolute Gasteiger partial charge is 0.394 e. The molecule has 144 valence electrons. The van der Waals surface area contributed by atoms with Crippen molar-refractivity contribution < 1.29 is 9.90 Å². The van der Waals surface area contributed by atoms with E-state index in [-0.39, 0.29) is 24.2 Å². The molecular weight excluding hydrogens is 365 g/mol. The van der Waals surface area contributed by atoms with Gasteiger partial charge in [0.15, 0.2) is 0 Å². The standard InChI is InChI=1S/C24H26NO2P/c1-19(17-24(27)25-23(18-26)20-11-5-2-6-12-20)28(21-13-7-3-8-14-21)22-15-9-4-10-16-22/h2-16,19,23,26H,17-18H2,1H3,(H,25,27)/t19-,23-/m0/s1. The number of hydrogen-bond acceptors (Lipinski definition) is 2. The van der Waals surface area contributed by atoms with Gasteiger partial charge in [-0.2, -0.15) is 0 Å². The molecule has 28 heavy (non-hydrogen) atoms. The van der Waals surface area contributed by atoms with Crippen LogP contribution in [0.1, 0.15) is 24.9 Å². The summed E-state index contributed by atoms with van der Waals surface area (Å²) in [7, 11) is -0.651. The Morgan fingerprint density at radius 1 is 0.857 bits per heavy atom. The fraction of sp³-hybridized carbons (Fsp3) is 0.208. The average Bonchev–Trinajstić information content (AvgIpc) is 2.74. The lowest BCUT2D eigenvalue weighted by Crippen LogP contribution is -2.33. The van der Waals surface area contributed by atoms with Crippen molar-refractivity contribution in [2.24, 2.45) is 0 Å². The van der Waals surface area contributed by atoms with Crippen LogP contribution >= 0.6 is 7.92 Å². The normalized spacial score (nSPS) is 13.1. The lowest BCUT2D eigenvalue weighted by atomic mass is 10.1. The van der Waals surface area contributed by atoms with E-state index >= 15 is 0 Å². The molecule has 3 rings (SSSR count).